The first-order chi connectivity index (χ1) is 12.7. The van der Waals surface area contributed by atoms with Gasteiger partial charge in [-0.05, 0) is 51.0 Å². The molecule has 1 aromatic rings. The molecule has 142 valence electrons. The lowest BCUT2D eigenvalue weighted by atomic mass is 9.85. The third-order valence-corrected chi connectivity index (χ3v) is 6.66. The summed E-state index contributed by atoms with van der Waals surface area (Å²) >= 11 is 0. The van der Waals surface area contributed by atoms with E-state index < -0.39 is 0 Å². The van der Waals surface area contributed by atoms with Gasteiger partial charge in [-0.1, -0.05) is 36.8 Å². The minimum Gasteiger partial charge on any atom is -0.381 e. The molecule has 3 saturated heterocycles. The van der Waals surface area contributed by atoms with Gasteiger partial charge in [-0.15, -0.1) is 0 Å². The third-order valence-electron chi connectivity index (χ3n) is 6.66. The molecule has 3 aliphatic rings. The molecule has 0 aromatic heterocycles. The second-order valence-corrected chi connectivity index (χ2v) is 8.57. The van der Waals surface area contributed by atoms with Crippen LogP contribution in [0.3, 0.4) is 0 Å². The molecular weight excluding hydrogens is 324 g/mol. The summed E-state index contributed by atoms with van der Waals surface area (Å²) in [5.74, 6) is 0.240. The zero-order valence-electron chi connectivity index (χ0n) is 16.0. The number of nitrogens with one attached hydrogen (secondary N) is 1. The fourth-order valence-corrected chi connectivity index (χ4v) is 5.52. The average Bonchev–Trinajstić information content (AvgIpc) is 2.89. The first-order valence-corrected chi connectivity index (χ1v) is 10.4. The van der Waals surface area contributed by atoms with Crippen molar-refractivity contribution in [2.45, 2.75) is 82.0 Å². The topological polar surface area (TPSA) is 41.6 Å². The van der Waals surface area contributed by atoms with E-state index in [-0.39, 0.29) is 11.4 Å². The van der Waals surface area contributed by atoms with Crippen LogP contribution in [-0.2, 0) is 16.0 Å². The van der Waals surface area contributed by atoms with Crippen LogP contribution in [0.15, 0.2) is 30.3 Å². The van der Waals surface area contributed by atoms with Crippen molar-refractivity contribution >= 4 is 5.91 Å². The molecule has 0 unspecified atom stereocenters. The maximum absolute atomic E-state index is 12.4. The van der Waals surface area contributed by atoms with Crippen molar-refractivity contribution in [3.05, 3.63) is 35.9 Å². The second-order valence-electron chi connectivity index (χ2n) is 8.57. The van der Waals surface area contributed by atoms with Gasteiger partial charge in [0.15, 0.2) is 0 Å². The molecule has 26 heavy (non-hydrogen) atoms. The lowest BCUT2D eigenvalue weighted by Crippen LogP contribution is -2.57. The standard InChI is InChI=1S/C22H32N2O2/c1-22-16-19(15-17-7-3-2-4-8-17)24(18-11-13-26-14-12-18)20(22)9-5-6-10-21(25)23-22/h2-4,7-8,18-20H,5-6,9-16H2,1H3,(H,23,25)/t19-,20+,22+/m1/s1. The smallest absolute Gasteiger partial charge is 0.220 e. The zero-order chi connectivity index (χ0) is 18.0. The van der Waals surface area contributed by atoms with Gasteiger partial charge >= 0.3 is 0 Å². The van der Waals surface area contributed by atoms with Gasteiger partial charge in [0, 0.05) is 37.8 Å². The number of benzene rings is 1. The van der Waals surface area contributed by atoms with Crippen molar-refractivity contribution in [2.24, 2.45) is 0 Å². The fourth-order valence-electron chi connectivity index (χ4n) is 5.52. The predicted molar refractivity (Wildman–Crippen MR) is 103 cm³/mol. The van der Waals surface area contributed by atoms with Crippen molar-refractivity contribution in [1.29, 1.82) is 0 Å². The first-order valence-electron chi connectivity index (χ1n) is 10.4. The summed E-state index contributed by atoms with van der Waals surface area (Å²) in [6.45, 7) is 4.03. The highest BCUT2D eigenvalue weighted by Crippen LogP contribution is 2.41. The predicted octanol–water partition coefficient (Wildman–Crippen LogP) is 3.30. The maximum atomic E-state index is 12.4. The number of carbonyl (C=O) groups excluding carboxylic acids is 1. The largest absolute Gasteiger partial charge is 0.381 e. The van der Waals surface area contributed by atoms with E-state index in [9.17, 15) is 4.79 Å². The number of likely N-dealkylation sites (tertiary alicyclic amines) is 1. The molecule has 0 spiro atoms. The molecule has 0 saturated carbocycles. The van der Waals surface area contributed by atoms with E-state index in [1.807, 2.05) is 0 Å². The molecule has 3 fully saturated rings. The van der Waals surface area contributed by atoms with Crippen LogP contribution in [0.4, 0.5) is 0 Å². The Morgan fingerprint density at radius 1 is 1.15 bits per heavy atom. The van der Waals surface area contributed by atoms with Crippen molar-refractivity contribution in [3.8, 4) is 0 Å². The lowest BCUT2D eigenvalue weighted by Gasteiger charge is -2.43. The van der Waals surface area contributed by atoms with Gasteiger partial charge in [0.2, 0.25) is 5.91 Å². The minimum absolute atomic E-state index is 0.102. The monoisotopic (exact) mass is 356 g/mol. The van der Waals surface area contributed by atoms with Crippen LogP contribution in [0.25, 0.3) is 0 Å². The summed E-state index contributed by atoms with van der Waals surface area (Å²) in [4.78, 5) is 15.2. The van der Waals surface area contributed by atoms with Gasteiger partial charge in [0.25, 0.3) is 0 Å². The van der Waals surface area contributed by atoms with Crippen LogP contribution in [0.2, 0.25) is 0 Å². The summed E-state index contributed by atoms with van der Waals surface area (Å²) in [6, 6.07) is 12.4. The van der Waals surface area contributed by atoms with Crippen LogP contribution in [0, 0.1) is 0 Å². The highest BCUT2D eigenvalue weighted by molar-refractivity contribution is 5.77. The highest BCUT2D eigenvalue weighted by atomic mass is 16.5. The number of amides is 1. The molecule has 3 aliphatic heterocycles. The Bertz CT molecular complexity index is 614. The third kappa shape index (κ3) is 3.67. The van der Waals surface area contributed by atoms with E-state index in [0.717, 1.165) is 51.7 Å². The Labute approximate surface area is 157 Å². The minimum atomic E-state index is -0.102. The van der Waals surface area contributed by atoms with E-state index in [1.165, 1.54) is 12.0 Å². The molecule has 0 radical (unpaired) electrons. The summed E-state index contributed by atoms with van der Waals surface area (Å²) in [7, 11) is 0. The highest BCUT2D eigenvalue weighted by Gasteiger charge is 2.51. The summed E-state index contributed by atoms with van der Waals surface area (Å²) in [6.07, 6.45) is 8.41. The summed E-state index contributed by atoms with van der Waals surface area (Å²) < 4.78 is 5.64. The van der Waals surface area contributed by atoms with Gasteiger partial charge in [-0.2, -0.15) is 0 Å². The van der Waals surface area contributed by atoms with Crippen LogP contribution >= 0.6 is 0 Å². The quantitative estimate of drug-likeness (QED) is 0.903. The molecule has 1 amide bonds. The lowest BCUT2D eigenvalue weighted by molar-refractivity contribution is -0.124. The molecule has 0 bridgehead atoms. The number of hydrogen-bond donors (Lipinski definition) is 1. The van der Waals surface area contributed by atoms with Gasteiger partial charge in [0.05, 0.1) is 5.54 Å². The number of nitrogens with zero attached hydrogens (tertiary/aromatic N) is 1. The molecular formula is C22H32N2O2. The van der Waals surface area contributed by atoms with Crippen molar-refractivity contribution in [2.75, 3.05) is 13.2 Å². The van der Waals surface area contributed by atoms with Gasteiger partial charge in [-0.25, -0.2) is 0 Å². The number of fused-ring (bicyclic) bond motifs is 1. The SMILES string of the molecule is C[C@]12C[C@@H](Cc3ccccc3)N(C3CCOCC3)[C@H]1CCCCC(=O)N2. The fraction of sp³-hybridized carbons (Fsp3) is 0.682. The van der Waals surface area contributed by atoms with Crippen molar-refractivity contribution < 1.29 is 9.53 Å². The number of carbonyl (C=O) groups is 1. The van der Waals surface area contributed by atoms with Crippen LogP contribution in [0.1, 0.15) is 57.4 Å². The Hall–Kier alpha value is -1.39. The number of ether oxygens (including phenoxy) is 1. The molecule has 1 N–H and O–H groups in total. The molecule has 3 heterocycles. The zero-order valence-corrected chi connectivity index (χ0v) is 16.0. The molecule has 4 nitrogen and oxygen atoms in total. The molecule has 4 rings (SSSR count). The van der Waals surface area contributed by atoms with E-state index >= 15 is 0 Å². The van der Waals surface area contributed by atoms with Crippen molar-refractivity contribution in [3.63, 3.8) is 0 Å². The first kappa shape index (κ1) is 18.0. The second kappa shape index (κ2) is 7.69. The van der Waals surface area contributed by atoms with Gasteiger partial charge < -0.3 is 10.1 Å². The van der Waals surface area contributed by atoms with Crippen LogP contribution in [0.5, 0.6) is 0 Å². The van der Waals surface area contributed by atoms with Crippen LogP contribution in [-0.4, -0.2) is 47.7 Å². The Kier molecular flexibility index (Phi) is 5.32. The molecule has 3 atom stereocenters. The maximum Gasteiger partial charge on any atom is 0.220 e. The van der Waals surface area contributed by atoms with Gasteiger partial charge in [-0.3, -0.25) is 9.69 Å². The number of rotatable bonds is 3. The van der Waals surface area contributed by atoms with Gasteiger partial charge in [0.1, 0.15) is 0 Å². The van der Waals surface area contributed by atoms with E-state index in [4.69, 9.17) is 4.74 Å². The summed E-state index contributed by atoms with van der Waals surface area (Å²) in [5.41, 5.74) is 1.30. The van der Waals surface area contributed by atoms with Crippen molar-refractivity contribution in [1.82, 2.24) is 10.2 Å². The average molecular weight is 357 g/mol. The Morgan fingerprint density at radius 2 is 1.92 bits per heavy atom. The Balaban J connectivity index is 1.62. The molecule has 1 aromatic carbocycles. The summed E-state index contributed by atoms with van der Waals surface area (Å²) in [5, 5.41) is 3.43. The molecule has 4 heteroatoms. The Morgan fingerprint density at radius 3 is 2.69 bits per heavy atom. The normalized spacial score (nSPS) is 34.0. The van der Waals surface area contributed by atoms with E-state index in [0.29, 0.717) is 24.5 Å². The number of hydrogen-bond acceptors (Lipinski definition) is 3. The molecule has 0 aliphatic carbocycles. The van der Waals surface area contributed by atoms with Crippen LogP contribution < -0.4 is 5.32 Å². The van der Waals surface area contributed by atoms with E-state index in [1.54, 1.807) is 0 Å². The van der Waals surface area contributed by atoms with E-state index in [2.05, 4.69) is 47.5 Å².